The lowest BCUT2D eigenvalue weighted by Gasteiger charge is -2.14. The van der Waals surface area contributed by atoms with Crippen LogP contribution in [0.15, 0.2) is 46.9 Å². The van der Waals surface area contributed by atoms with Crippen molar-refractivity contribution < 1.29 is 18.7 Å². The van der Waals surface area contributed by atoms with E-state index in [0.29, 0.717) is 5.56 Å². The molecule has 2 aromatic carbocycles. The lowest BCUT2D eigenvalue weighted by Crippen LogP contribution is -2.16. The van der Waals surface area contributed by atoms with Crippen LogP contribution in [0.2, 0.25) is 0 Å². The fraction of sp³-hybridized carbons (Fsp3) is 0.133. The van der Waals surface area contributed by atoms with Crippen LogP contribution in [-0.4, -0.2) is 11.1 Å². The lowest BCUT2D eigenvalue weighted by atomic mass is 9.91. The van der Waals surface area contributed by atoms with Gasteiger partial charge in [0.2, 0.25) is 0 Å². The maximum absolute atomic E-state index is 13.9. The number of benzene rings is 2. The van der Waals surface area contributed by atoms with Gasteiger partial charge in [-0.15, -0.1) is 0 Å². The number of aliphatic carboxylic acids is 1. The number of halogens is 3. The summed E-state index contributed by atoms with van der Waals surface area (Å²) in [7, 11) is 0. The predicted molar refractivity (Wildman–Crippen MR) is 74.6 cm³/mol. The first kappa shape index (κ1) is 14.7. The van der Waals surface area contributed by atoms with E-state index >= 15 is 0 Å². The Hall–Kier alpha value is -1.75. The zero-order chi connectivity index (χ0) is 14.7. The molecule has 0 saturated heterocycles. The third-order valence-corrected chi connectivity index (χ3v) is 3.66. The molecule has 2 nitrogen and oxygen atoms in total. The molecular weight excluding hydrogens is 330 g/mol. The summed E-state index contributed by atoms with van der Waals surface area (Å²) in [6.07, 6.45) is -0.240. The zero-order valence-corrected chi connectivity index (χ0v) is 11.9. The Bertz CT molecular complexity index is 629. The normalized spacial score (nSPS) is 12.2. The average molecular weight is 341 g/mol. The first-order valence-electron chi connectivity index (χ1n) is 5.91. The molecule has 0 aliphatic heterocycles. The number of carboxylic acids is 1. The van der Waals surface area contributed by atoms with Crippen LogP contribution in [0.25, 0.3) is 0 Å². The second-order valence-electron chi connectivity index (χ2n) is 4.33. The molecular formula is C15H11BrF2O2. The maximum Gasteiger partial charge on any atom is 0.311 e. The molecule has 1 atom stereocenters. The second-order valence-corrected chi connectivity index (χ2v) is 5.18. The number of carboxylic acid groups (broad SMARTS) is 1. The molecule has 5 heteroatoms. The molecule has 0 spiro atoms. The lowest BCUT2D eigenvalue weighted by molar-refractivity contribution is -0.138. The number of hydrogen-bond donors (Lipinski definition) is 1. The topological polar surface area (TPSA) is 37.3 Å². The summed E-state index contributed by atoms with van der Waals surface area (Å²) in [5.74, 6) is -3.61. The van der Waals surface area contributed by atoms with Crippen LogP contribution in [0.3, 0.4) is 0 Å². The fourth-order valence-corrected chi connectivity index (χ4v) is 2.36. The Morgan fingerprint density at radius 2 is 1.80 bits per heavy atom. The van der Waals surface area contributed by atoms with Crippen LogP contribution in [0.4, 0.5) is 8.78 Å². The molecule has 1 N–H and O–H groups in total. The standard InChI is InChI=1S/C15H11BrF2O2/c16-12-6-7-13(17)11(14(12)18)8-10(15(19)20)9-4-2-1-3-5-9/h1-7,10H,8H2,(H,19,20). The van der Waals surface area contributed by atoms with Crippen molar-refractivity contribution in [3.63, 3.8) is 0 Å². The highest BCUT2D eigenvalue weighted by atomic mass is 79.9. The van der Waals surface area contributed by atoms with Crippen LogP contribution in [0.5, 0.6) is 0 Å². The molecule has 2 rings (SSSR count). The molecule has 104 valence electrons. The minimum absolute atomic E-state index is 0.117. The van der Waals surface area contributed by atoms with E-state index in [1.165, 1.54) is 6.07 Å². The van der Waals surface area contributed by atoms with E-state index in [-0.39, 0.29) is 16.5 Å². The molecule has 0 saturated carbocycles. The third kappa shape index (κ3) is 3.04. The van der Waals surface area contributed by atoms with Crippen LogP contribution in [0, 0.1) is 11.6 Å². The second kappa shape index (κ2) is 6.13. The van der Waals surface area contributed by atoms with Gasteiger partial charge in [-0.3, -0.25) is 4.79 Å². The Balaban J connectivity index is 2.40. The molecule has 0 amide bonds. The number of rotatable bonds is 4. The van der Waals surface area contributed by atoms with Gasteiger partial charge in [0.15, 0.2) is 0 Å². The van der Waals surface area contributed by atoms with Gasteiger partial charge in [0.05, 0.1) is 10.4 Å². The summed E-state index contributed by atoms with van der Waals surface area (Å²) in [5, 5.41) is 9.28. The molecule has 0 aliphatic rings. The predicted octanol–water partition coefficient (Wildman–Crippen LogP) is 4.14. The van der Waals surface area contributed by atoms with Gasteiger partial charge in [0.1, 0.15) is 11.6 Å². The molecule has 0 fully saturated rings. The summed E-state index contributed by atoms with van der Waals surface area (Å²) in [6.45, 7) is 0. The molecule has 0 radical (unpaired) electrons. The summed E-state index contributed by atoms with van der Waals surface area (Å²) in [6, 6.07) is 10.8. The van der Waals surface area contributed by atoms with E-state index in [4.69, 9.17) is 0 Å². The Labute approximate surface area is 123 Å². The summed E-state index contributed by atoms with van der Waals surface area (Å²) < 4.78 is 27.8. The molecule has 0 bridgehead atoms. The molecule has 0 aromatic heterocycles. The van der Waals surface area contributed by atoms with Crippen molar-refractivity contribution in [2.75, 3.05) is 0 Å². The Morgan fingerprint density at radius 1 is 1.15 bits per heavy atom. The van der Waals surface area contributed by atoms with Crippen LogP contribution in [0.1, 0.15) is 17.0 Å². The van der Waals surface area contributed by atoms with E-state index in [9.17, 15) is 18.7 Å². The average Bonchev–Trinajstić information content (AvgIpc) is 2.44. The fourth-order valence-electron chi connectivity index (χ4n) is 1.99. The van der Waals surface area contributed by atoms with Crippen LogP contribution in [-0.2, 0) is 11.2 Å². The smallest absolute Gasteiger partial charge is 0.311 e. The van der Waals surface area contributed by atoms with Gasteiger partial charge in [0, 0.05) is 5.56 Å². The van der Waals surface area contributed by atoms with Gasteiger partial charge in [-0.1, -0.05) is 30.3 Å². The summed E-state index contributed by atoms with van der Waals surface area (Å²) >= 11 is 2.97. The highest BCUT2D eigenvalue weighted by molar-refractivity contribution is 9.10. The monoisotopic (exact) mass is 340 g/mol. The van der Waals surface area contributed by atoms with Crippen molar-refractivity contribution in [3.05, 3.63) is 69.7 Å². The SMILES string of the molecule is O=C(O)C(Cc1c(F)ccc(Br)c1F)c1ccccc1. The van der Waals surface area contributed by atoms with Gasteiger partial charge >= 0.3 is 5.97 Å². The van der Waals surface area contributed by atoms with Gasteiger partial charge in [-0.25, -0.2) is 8.78 Å². The van der Waals surface area contributed by atoms with E-state index in [2.05, 4.69) is 15.9 Å². The van der Waals surface area contributed by atoms with E-state index in [1.807, 2.05) is 0 Å². The highest BCUT2D eigenvalue weighted by Crippen LogP contribution is 2.28. The molecule has 0 heterocycles. The van der Waals surface area contributed by atoms with Gasteiger partial charge in [0.25, 0.3) is 0 Å². The van der Waals surface area contributed by atoms with E-state index < -0.39 is 23.5 Å². The number of hydrogen-bond acceptors (Lipinski definition) is 1. The minimum atomic E-state index is -1.12. The highest BCUT2D eigenvalue weighted by Gasteiger charge is 2.24. The zero-order valence-electron chi connectivity index (χ0n) is 10.3. The molecule has 2 aromatic rings. The van der Waals surface area contributed by atoms with E-state index in [1.54, 1.807) is 30.3 Å². The third-order valence-electron chi connectivity index (χ3n) is 3.05. The maximum atomic E-state index is 13.9. The first-order chi connectivity index (χ1) is 9.50. The first-order valence-corrected chi connectivity index (χ1v) is 6.70. The number of carbonyl (C=O) groups is 1. The van der Waals surface area contributed by atoms with Crippen molar-refractivity contribution in [3.8, 4) is 0 Å². The van der Waals surface area contributed by atoms with Gasteiger partial charge in [-0.05, 0) is 40.0 Å². The van der Waals surface area contributed by atoms with Crippen molar-refractivity contribution in [1.82, 2.24) is 0 Å². The molecule has 20 heavy (non-hydrogen) atoms. The quantitative estimate of drug-likeness (QED) is 0.849. The van der Waals surface area contributed by atoms with Gasteiger partial charge in [-0.2, -0.15) is 0 Å². The van der Waals surface area contributed by atoms with Gasteiger partial charge < -0.3 is 5.11 Å². The van der Waals surface area contributed by atoms with Crippen LogP contribution >= 0.6 is 15.9 Å². The van der Waals surface area contributed by atoms with Crippen molar-refractivity contribution in [2.45, 2.75) is 12.3 Å². The minimum Gasteiger partial charge on any atom is -0.481 e. The Morgan fingerprint density at radius 3 is 2.40 bits per heavy atom. The van der Waals surface area contributed by atoms with E-state index in [0.717, 1.165) is 6.07 Å². The molecule has 0 aliphatic carbocycles. The van der Waals surface area contributed by atoms with Crippen LogP contribution < -0.4 is 0 Å². The summed E-state index contributed by atoms with van der Waals surface area (Å²) in [5.41, 5.74) is 0.286. The molecule has 1 unspecified atom stereocenters. The van der Waals surface area contributed by atoms with Crippen molar-refractivity contribution in [2.24, 2.45) is 0 Å². The largest absolute Gasteiger partial charge is 0.481 e. The Kier molecular flexibility index (Phi) is 4.49. The van der Waals surface area contributed by atoms with Crippen molar-refractivity contribution in [1.29, 1.82) is 0 Å². The summed E-state index contributed by atoms with van der Waals surface area (Å²) in [4.78, 5) is 11.4. The van der Waals surface area contributed by atoms with Crippen molar-refractivity contribution >= 4 is 21.9 Å².